The lowest BCUT2D eigenvalue weighted by atomic mass is 10.0. The third kappa shape index (κ3) is 2.08. The molecule has 0 aliphatic heterocycles. The first-order valence-corrected chi connectivity index (χ1v) is 6.24. The fraction of sp³-hybridized carbons (Fsp3) is 0.0769. The maximum absolute atomic E-state index is 11.2. The average Bonchev–Trinajstić information content (AvgIpc) is 2.79. The summed E-state index contributed by atoms with van der Waals surface area (Å²) >= 11 is 0. The standard InChI is InChI=1S/C13H7N3O7/c17-13-9-3-6(14(18)19)1-2-8(9)12-10(13)4-7(15(20)21)5-11(12)16(22)23/h1-5,13,17H. The lowest BCUT2D eigenvalue weighted by Gasteiger charge is -2.05. The summed E-state index contributed by atoms with van der Waals surface area (Å²) in [6.07, 6.45) is -1.40. The first kappa shape index (κ1) is 14.5. The average molecular weight is 317 g/mol. The summed E-state index contributed by atoms with van der Waals surface area (Å²) in [5, 5.41) is 43.2. The van der Waals surface area contributed by atoms with E-state index in [-0.39, 0.29) is 27.9 Å². The number of hydrogen-bond donors (Lipinski definition) is 1. The van der Waals surface area contributed by atoms with E-state index in [4.69, 9.17) is 0 Å². The lowest BCUT2D eigenvalue weighted by molar-refractivity contribution is -0.393. The van der Waals surface area contributed by atoms with Gasteiger partial charge < -0.3 is 5.11 Å². The number of nitro groups is 3. The van der Waals surface area contributed by atoms with Gasteiger partial charge in [-0.3, -0.25) is 30.3 Å². The van der Waals surface area contributed by atoms with Crippen LogP contribution in [0, 0.1) is 30.3 Å². The Morgan fingerprint density at radius 3 is 2.00 bits per heavy atom. The molecule has 0 amide bonds. The van der Waals surface area contributed by atoms with Crippen LogP contribution in [0.5, 0.6) is 0 Å². The second-order valence-electron chi connectivity index (χ2n) is 4.87. The van der Waals surface area contributed by atoms with E-state index in [1.807, 2.05) is 0 Å². The van der Waals surface area contributed by atoms with E-state index in [9.17, 15) is 35.4 Å². The molecule has 23 heavy (non-hydrogen) atoms. The zero-order valence-electron chi connectivity index (χ0n) is 11.2. The van der Waals surface area contributed by atoms with Crippen LogP contribution < -0.4 is 0 Å². The van der Waals surface area contributed by atoms with Gasteiger partial charge in [0.1, 0.15) is 6.10 Å². The van der Waals surface area contributed by atoms with Gasteiger partial charge in [0.25, 0.3) is 17.1 Å². The van der Waals surface area contributed by atoms with Gasteiger partial charge in [0.2, 0.25) is 0 Å². The van der Waals surface area contributed by atoms with Gasteiger partial charge >= 0.3 is 0 Å². The van der Waals surface area contributed by atoms with Crippen molar-refractivity contribution in [3.63, 3.8) is 0 Å². The summed E-state index contributed by atoms with van der Waals surface area (Å²) in [6, 6.07) is 5.41. The molecule has 0 fully saturated rings. The summed E-state index contributed by atoms with van der Waals surface area (Å²) in [6.45, 7) is 0. The Hall–Kier alpha value is -3.40. The van der Waals surface area contributed by atoms with Crippen LogP contribution in [0.25, 0.3) is 11.1 Å². The molecular weight excluding hydrogens is 310 g/mol. The van der Waals surface area contributed by atoms with Crippen molar-refractivity contribution in [2.45, 2.75) is 6.10 Å². The fourth-order valence-electron chi connectivity index (χ4n) is 2.68. The smallest absolute Gasteiger partial charge is 0.284 e. The molecule has 2 aromatic carbocycles. The highest BCUT2D eigenvalue weighted by Crippen LogP contribution is 2.50. The van der Waals surface area contributed by atoms with E-state index < -0.39 is 32.2 Å². The van der Waals surface area contributed by atoms with Gasteiger partial charge in [0.05, 0.1) is 26.4 Å². The molecule has 116 valence electrons. The number of benzene rings is 2. The Bertz CT molecular complexity index is 893. The molecule has 0 spiro atoms. The van der Waals surface area contributed by atoms with Crippen molar-refractivity contribution in [3.05, 3.63) is 71.8 Å². The molecule has 1 unspecified atom stereocenters. The largest absolute Gasteiger partial charge is 0.384 e. The molecule has 0 heterocycles. The normalized spacial score (nSPS) is 14.9. The van der Waals surface area contributed by atoms with E-state index in [0.717, 1.165) is 24.3 Å². The van der Waals surface area contributed by atoms with Gasteiger partial charge in [0.15, 0.2) is 0 Å². The van der Waals surface area contributed by atoms with Gasteiger partial charge in [-0.25, -0.2) is 0 Å². The number of fused-ring (bicyclic) bond motifs is 3. The number of aliphatic hydroxyl groups is 1. The number of hydrogen-bond acceptors (Lipinski definition) is 7. The Labute approximate surface area is 127 Å². The molecule has 10 heteroatoms. The Kier molecular flexibility index (Phi) is 3.04. The van der Waals surface area contributed by atoms with Crippen molar-refractivity contribution < 1.29 is 19.9 Å². The van der Waals surface area contributed by atoms with Crippen molar-refractivity contribution >= 4 is 17.1 Å². The third-order valence-electron chi connectivity index (χ3n) is 3.64. The second-order valence-corrected chi connectivity index (χ2v) is 4.87. The minimum absolute atomic E-state index is 0.0126. The molecule has 1 atom stereocenters. The van der Waals surface area contributed by atoms with E-state index >= 15 is 0 Å². The first-order chi connectivity index (χ1) is 10.8. The lowest BCUT2D eigenvalue weighted by Crippen LogP contribution is -1.99. The number of aliphatic hydroxyl groups excluding tert-OH is 1. The van der Waals surface area contributed by atoms with E-state index in [1.54, 1.807) is 0 Å². The molecule has 3 rings (SSSR count). The predicted molar refractivity (Wildman–Crippen MR) is 75.9 cm³/mol. The highest BCUT2D eigenvalue weighted by atomic mass is 16.6. The summed E-state index contributed by atoms with van der Waals surface area (Å²) in [5.74, 6) is 0. The molecule has 0 radical (unpaired) electrons. The molecule has 0 aromatic heterocycles. The van der Waals surface area contributed by atoms with Crippen molar-refractivity contribution in [1.29, 1.82) is 0 Å². The highest BCUT2D eigenvalue weighted by Gasteiger charge is 2.36. The molecule has 1 aliphatic carbocycles. The quantitative estimate of drug-likeness (QED) is 0.674. The molecule has 1 N–H and O–H groups in total. The summed E-state index contributed by atoms with van der Waals surface area (Å²) in [4.78, 5) is 30.7. The van der Waals surface area contributed by atoms with Crippen LogP contribution in [0.15, 0.2) is 30.3 Å². The minimum Gasteiger partial charge on any atom is -0.384 e. The highest BCUT2D eigenvalue weighted by molar-refractivity contribution is 5.87. The zero-order valence-corrected chi connectivity index (χ0v) is 11.2. The van der Waals surface area contributed by atoms with Crippen LogP contribution in [0.1, 0.15) is 17.2 Å². The summed E-state index contributed by atoms with van der Waals surface area (Å²) in [7, 11) is 0. The molecule has 1 aliphatic rings. The monoisotopic (exact) mass is 317 g/mol. The number of rotatable bonds is 3. The summed E-state index contributed by atoms with van der Waals surface area (Å²) < 4.78 is 0. The first-order valence-electron chi connectivity index (χ1n) is 6.24. The van der Waals surface area contributed by atoms with Crippen molar-refractivity contribution in [1.82, 2.24) is 0 Å². The zero-order chi connectivity index (χ0) is 16.9. The van der Waals surface area contributed by atoms with Crippen molar-refractivity contribution in [3.8, 4) is 11.1 Å². The predicted octanol–water partition coefficient (Wildman–Crippen LogP) is 2.47. The molecular formula is C13H7N3O7. The van der Waals surface area contributed by atoms with Gasteiger partial charge in [-0.1, -0.05) is 0 Å². The molecule has 0 saturated heterocycles. The van der Waals surface area contributed by atoms with Gasteiger partial charge in [0, 0.05) is 23.8 Å². The fourth-order valence-corrected chi connectivity index (χ4v) is 2.68. The number of nitro benzene ring substituents is 3. The third-order valence-corrected chi connectivity index (χ3v) is 3.64. The Morgan fingerprint density at radius 2 is 1.43 bits per heavy atom. The van der Waals surface area contributed by atoms with Crippen molar-refractivity contribution in [2.24, 2.45) is 0 Å². The number of nitrogens with zero attached hydrogens (tertiary/aromatic N) is 3. The SMILES string of the molecule is O=[N+]([O-])c1ccc2c(c1)C(O)c1cc([N+](=O)[O-])cc([N+](=O)[O-])c1-2. The Balaban J connectivity index is 2.32. The van der Waals surface area contributed by atoms with Gasteiger partial charge in [-0.2, -0.15) is 0 Å². The molecule has 0 saturated carbocycles. The van der Waals surface area contributed by atoms with Crippen LogP contribution in [0.2, 0.25) is 0 Å². The maximum atomic E-state index is 11.2. The van der Waals surface area contributed by atoms with Crippen molar-refractivity contribution in [2.75, 3.05) is 0 Å². The minimum atomic E-state index is -1.40. The van der Waals surface area contributed by atoms with Crippen LogP contribution in [-0.4, -0.2) is 19.9 Å². The van der Waals surface area contributed by atoms with Crippen LogP contribution in [0.3, 0.4) is 0 Å². The summed E-state index contributed by atoms with van der Waals surface area (Å²) in [5.41, 5.74) is -0.956. The van der Waals surface area contributed by atoms with Gasteiger partial charge in [-0.15, -0.1) is 0 Å². The van der Waals surface area contributed by atoms with E-state index in [1.165, 1.54) is 6.07 Å². The molecule has 2 aromatic rings. The van der Waals surface area contributed by atoms with Crippen LogP contribution in [0.4, 0.5) is 17.1 Å². The number of non-ortho nitro benzene ring substituents is 2. The van der Waals surface area contributed by atoms with E-state index in [0.29, 0.717) is 0 Å². The molecule has 0 bridgehead atoms. The maximum Gasteiger partial charge on any atom is 0.284 e. The molecule has 10 nitrogen and oxygen atoms in total. The Morgan fingerprint density at radius 1 is 0.826 bits per heavy atom. The topological polar surface area (TPSA) is 150 Å². The second kappa shape index (κ2) is 4.81. The van der Waals surface area contributed by atoms with Crippen LogP contribution in [-0.2, 0) is 0 Å². The van der Waals surface area contributed by atoms with Crippen LogP contribution >= 0.6 is 0 Å². The van der Waals surface area contributed by atoms with E-state index in [2.05, 4.69) is 0 Å². The van der Waals surface area contributed by atoms with Gasteiger partial charge in [-0.05, 0) is 17.2 Å².